The minimum Gasteiger partial charge on any atom is -0.490 e. The quantitative estimate of drug-likeness (QED) is 0.731. The van der Waals surface area contributed by atoms with Gasteiger partial charge >= 0.3 is 5.97 Å². The van der Waals surface area contributed by atoms with Crippen molar-refractivity contribution in [2.45, 2.75) is 20.0 Å². The lowest BCUT2D eigenvalue weighted by Crippen LogP contribution is -2.00. The second kappa shape index (κ2) is 7.38. The number of furan rings is 1. The van der Waals surface area contributed by atoms with Gasteiger partial charge in [-0.1, -0.05) is 19.1 Å². The van der Waals surface area contributed by atoms with Crippen LogP contribution in [-0.4, -0.2) is 19.7 Å². The molecule has 0 atom stereocenters. The Morgan fingerprint density at radius 2 is 1.81 bits per heavy atom. The molecule has 0 fully saturated rings. The van der Waals surface area contributed by atoms with Crippen LogP contribution in [0.15, 0.2) is 40.8 Å². The maximum absolute atomic E-state index is 11.3. The highest BCUT2D eigenvalue weighted by Gasteiger charge is 2.12. The van der Waals surface area contributed by atoms with Crippen LogP contribution in [0.2, 0.25) is 0 Å². The molecule has 2 rings (SSSR count). The molecule has 21 heavy (non-hydrogen) atoms. The molecule has 2 aromatic rings. The number of methoxy groups -OCH3 is 1. The number of hydrogen-bond acceptors (Lipinski definition) is 5. The Bertz CT molecular complexity index is 588. The zero-order valence-corrected chi connectivity index (χ0v) is 12.1. The van der Waals surface area contributed by atoms with Gasteiger partial charge in [0.2, 0.25) is 5.76 Å². The van der Waals surface area contributed by atoms with Crippen LogP contribution in [0, 0.1) is 0 Å². The Labute approximate surface area is 123 Å². The molecular formula is C16H18O5. The van der Waals surface area contributed by atoms with Crippen LogP contribution in [0.5, 0.6) is 11.5 Å². The summed E-state index contributed by atoms with van der Waals surface area (Å²) in [6, 6.07) is 10.7. The molecule has 1 aromatic heterocycles. The van der Waals surface area contributed by atoms with E-state index in [-0.39, 0.29) is 12.4 Å². The summed E-state index contributed by atoms with van der Waals surface area (Å²) in [7, 11) is 1.31. The number of carbonyl (C=O) groups is 1. The molecule has 1 aromatic carbocycles. The highest BCUT2D eigenvalue weighted by atomic mass is 16.5. The number of esters is 1. The summed E-state index contributed by atoms with van der Waals surface area (Å²) >= 11 is 0. The van der Waals surface area contributed by atoms with Crippen LogP contribution in [0.1, 0.15) is 29.7 Å². The van der Waals surface area contributed by atoms with E-state index in [4.69, 9.17) is 13.9 Å². The molecule has 0 aliphatic heterocycles. The third-order valence-electron chi connectivity index (χ3n) is 2.73. The fraction of sp³-hybridized carbons (Fsp3) is 0.312. The first-order chi connectivity index (χ1) is 10.2. The zero-order valence-electron chi connectivity index (χ0n) is 12.1. The molecule has 1 heterocycles. The number of para-hydroxylation sites is 2. The predicted molar refractivity (Wildman–Crippen MR) is 76.6 cm³/mol. The second-order valence-corrected chi connectivity index (χ2v) is 4.34. The van der Waals surface area contributed by atoms with Crippen molar-refractivity contribution in [3.8, 4) is 11.5 Å². The van der Waals surface area contributed by atoms with Crippen LogP contribution in [0.3, 0.4) is 0 Å². The Morgan fingerprint density at radius 3 is 2.48 bits per heavy atom. The first-order valence-corrected chi connectivity index (χ1v) is 6.76. The molecule has 0 amide bonds. The van der Waals surface area contributed by atoms with Crippen molar-refractivity contribution >= 4 is 5.97 Å². The molecule has 0 aliphatic rings. The lowest BCUT2D eigenvalue weighted by molar-refractivity contribution is 0.0561. The van der Waals surface area contributed by atoms with Gasteiger partial charge in [0, 0.05) is 0 Å². The van der Waals surface area contributed by atoms with Crippen molar-refractivity contribution in [3.05, 3.63) is 47.9 Å². The summed E-state index contributed by atoms with van der Waals surface area (Å²) in [6.07, 6.45) is 0.926. The molecule has 112 valence electrons. The largest absolute Gasteiger partial charge is 0.490 e. The topological polar surface area (TPSA) is 57.9 Å². The van der Waals surface area contributed by atoms with E-state index in [9.17, 15) is 4.79 Å². The smallest absolute Gasteiger partial charge is 0.373 e. The molecule has 0 spiro atoms. The van der Waals surface area contributed by atoms with Gasteiger partial charge < -0.3 is 18.6 Å². The fourth-order valence-electron chi connectivity index (χ4n) is 1.72. The standard InChI is InChI=1S/C16H18O5/c1-3-10-19-13-6-4-5-7-14(13)20-11-12-8-9-15(21-12)16(17)18-2/h4-9H,3,10-11H2,1-2H3. The highest BCUT2D eigenvalue weighted by molar-refractivity contribution is 5.86. The molecular weight excluding hydrogens is 272 g/mol. The van der Waals surface area contributed by atoms with Crippen LogP contribution in [0.4, 0.5) is 0 Å². The number of benzene rings is 1. The summed E-state index contributed by atoms with van der Waals surface area (Å²) in [4.78, 5) is 11.3. The predicted octanol–water partition coefficient (Wildman–Crippen LogP) is 3.43. The van der Waals surface area contributed by atoms with Gasteiger partial charge in [-0.25, -0.2) is 4.79 Å². The number of carbonyl (C=O) groups excluding carboxylic acids is 1. The number of rotatable bonds is 7. The summed E-state index contributed by atoms with van der Waals surface area (Å²) in [5.74, 6) is 1.53. The van der Waals surface area contributed by atoms with E-state index in [2.05, 4.69) is 4.74 Å². The van der Waals surface area contributed by atoms with Gasteiger partial charge in [-0.3, -0.25) is 0 Å². The molecule has 0 aliphatic carbocycles. The van der Waals surface area contributed by atoms with Crippen molar-refractivity contribution in [1.82, 2.24) is 0 Å². The van der Waals surface area contributed by atoms with Crippen LogP contribution in [0.25, 0.3) is 0 Å². The van der Waals surface area contributed by atoms with Gasteiger partial charge in [-0.05, 0) is 30.7 Å². The van der Waals surface area contributed by atoms with E-state index in [1.807, 2.05) is 31.2 Å². The Kier molecular flexibility index (Phi) is 5.26. The second-order valence-electron chi connectivity index (χ2n) is 4.34. The number of ether oxygens (including phenoxy) is 3. The summed E-state index contributed by atoms with van der Waals surface area (Å²) < 4.78 is 21.2. The van der Waals surface area contributed by atoms with Gasteiger partial charge in [0.05, 0.1) is 13.7 Å². The number of hydrogen-bond donors (Lipinski definition) is 0. The van der Waals surface area contributed by atoms with E-state index >= 15 is 0 Å². The first-order valence-electron chi connectivity index (χ1n) is 6.76. The van der Waals surface area contributed by atoms with E-state index in [1.54, 1.807) is 12.1 Å². The normalized spacial score (nSPS) is 10.2. The van der Waals surface area contributed by atoms with Crippen molar-refractivity contribution in [2.24, 2.45) is 0 Å². The Hall–Kier alpha value is -2.43. The van der Waals surface area contributed by atoms with E-state index in [0.29, 0.717) is 23.9 Å². The Balaban J connectivity index is 1.99. The molecule has 5 heteroatoms. The SMILES string of the molecule is CCCOc1ccccc1OCc1ccc(C(=O)OC)o1. The lowest BCUT2D eigenvalue weighted by atomic mass is 10.3. The molecule has 0 unspecified atom stereocenters. The third kappa shape index (κ3) is 4.02. The van der Waals surface area contributed by atoms with Gasteiger partial charge in [-0.15, -0.1) is 0 Å². The first kappa shape index (κ1) is 15.0. The van der Waals surface area contributed by atoms with Gasteiger partial charge in [0.1, 0.15) is 12.4 Å². The summed E-state index contributed by atoms with van der Waals surface area (Å²) in [5.41, 5.74) is 0. The maximum atomic E-state index is 11.3. The molecule has 5 nitrogen and oxygen atoms in total. The Morgan fingerprint density at radius 1 is 1.10 bits per heavy atom. The van der Waals surface area contributed by atoms with Crippen molar-refractivity contribution in [3.63, 3.8) is 0 Å². The monoisotopic (exact) mass is 290 g/mol. The third-order valence-corrected chi connectivity index (χ3v) is 2.73. The van der Waals surface area contributed by atoms with Crippen molar-refractivity contribution in [1.29, 1.82) is 0 Å². The van der Waals surface area contributed by atoms with Crippen LogP contribution in [-0.2, 0) is 11.3 Å². The molecule has 0 N–H and O–H groups in total. The summed E-state index contributed by atoms with van der Waals surface area (Å²) in [5, 5.41) is 0. The van der Waals surface area contributed by atoms with Crippen LogP contribution >= 0.6 is 0 Å². The molecule has 0 saturated heterocycles. The van der Waals surface area contributed by atoms with Crippen molar-refractivity contribution < 1.29 is 23.4 Å². The van der Waals surface area contributed by atoms with Crippen LogP contribution < -0.4 is 9.47 Å². The van der Waals surface area contributed by atoms with E-state index in [1.165, 1.54) is 7.11 Å². The lowest BCUT2D eigenvalue weighted by Gasteiger charge is -2.11. The van der Waals surface area contributed by atoms with Crippen molar-refractivity contribution in [2.75, 3.05) is 13.7 Å². The van der Waals surface area contributed by atoms with Gasteiger partial charge in [0.15, 0.2) is 11.5 Å². The summed E-state index contributed by atoms with van der Waals surface area (Å²) in [6.45, 7) is 2.89. The fourth-order valence-corrected chi connectivity index (χ4v) is 1.72. The van der Waals surface area contributed by atoms with Gasteiger partial charge in [0.25, 0.3) is 0 Å². The average molecular weight is 290 g/mol. The van der Waals surface area contributed by atoms with E-state index in [0.717, 1.165) is 6.42 Å². The highest BCUT2D eigenvalue weighted by Crippen LogP contribution is 2.27. The molecule has 0 radical (unpaired) electrons. The minimum absolute atomic E-state index is 0.159. The molecule has 0 bridgehead atoms. The van der Waals surface area contributed by atoms with E-state index < -0.39 is 5.97 Å². The maximum Gasteiger partial charge on any atom is 0.373 e. The average Bonchev–Trinajstić information content (AvgIpc) is 3.00. The minimum atomic E-state index is -0.507. The van der Waals surface area contributed by atoms with Gasteiger partial charge in [-0.2, -0.15) is 0 Å². The zero-order chi connectivity index (χ0) is 15.1. The molecule has 0 saturated carbocycles.